The second-order valence-electron chi connectivity index (χ2n) is 4.62. The molecule has 0 aromatic heterocycles. The van der Waals surface area contributed by atoms with Crippen molar-refractivity contribution in [3.8, 4) is 0 Å². The van der Waals surface area contributed by atoms with Crippen LogP contribution < -0.4 is 5.73 Å². The minimum atomic E-state index is -2.94. The third-order valence-electron chi connectivity index (χ3n) is 2.46. The summed E-state index contributed by atoms with van der Waals surface area (Å²) in [6.45, 7) is 4.97. The zero-order valence-electron chi connectivity index (χ0n) is 9.95. The molecular formula is C10H23NO3S. The monoisotopic (exact) mass is 237 g/mol. The van der Waals surface area contributed by atoms with Crippen molar-refractivity contribution in [1.82, 2.24) is 0 Å². The summed E-state index contributed by atoms with van der Waals surface area (Å²) in [7, 11) is -1.43. The highest BCUT2D eigenvalue weighted by molar-refractivity contribution is 7.91. The predicted molar refractivity (Wildman–Crippen MR) is 62.6 cm³/mol. The normalized spacial score (nSPS) is 13.1. The number of hydrogen-bond donors (Lipinski definition) is 1. The molecule has 5 heteroatoms. The minimum Gasteiger partial charge on any atom is -0.384 e. The van der Waals surface area contributed by atoms with Crippen molar-refractivity contribution in [1.29, 1.82) is 0 Å². The molecule has 0 aromatic rings. The molecule has 0 heterocycles. The summed E-state index contributed by atoms with van der Waals surface area (Å²) in [6.07, 6.45) is 1.52. The third-order valence-corrected chi connectivity index (χ3v) is 4.16. The molecule has 0 atom stereocenters. The Morgan fingerprint density at radius 2 is 1.87 bits per heavy atom. The van der Waals surface area contributed by atoms with Gasteiger partial charge >= 0.3 is 0 Å². The fraction of sp³-hybridized carbons (Fsp3) is 1.00. The fourth-order valence-electron chi connectivity index (χ4n) is 1.19. The first kappa shape index (κ1) is 14.9. The Kier molecular flexibility index (Phi) is 6.40. The number of methoxy groups -OCH3 is 1. The van der Waals surface area contributed by atoms with Crippen LogP contribution in [-0.4, -0.2) is 40.2 Å². The first-order valence-corrected chi connectivity index (χ1v) is 7.04. The van der Waals surface area contributed by atoms with Crippen LogP contribution in [0.15, 0.2) is 0 Å². The van der Waals surface area contributed by atoms with Crippen molar-refractivity contribution < 1.29 is 13.2 Å². The van der Waals surface area contributed by atoms with Crippen molar-refractivity contribution in [2.75, 3.05) is 31.8 Å². The van der Waals surface area contributed by atoms with Gasteiger partial charge in [-0.1, -0.05) is 13.8 Å². The van der Waals surface area contributed by atoms with Gasteiger partial charge in [0.15, 0.2) is 9.84 Å². The lowest BCUT2D eigenvalue weighted by molar-refractivity contribution is 0.217. The van der Waals surface area contributed by atoms with E-state index in [1.807, 2.05) is 0 Å². The minimum absolute atomic E-state index is 0.0385. The summed E-state index contributed by atoms with van der Waals surface area (Å²) < 4.78 is 27.7. The van der Waals surface area contributed by atoms with Crippen molar-refractivity contribution in [3.63, 3.8) is 0 Å². The molecule has 0 aliphatic heterocycles. The molecule has 0 rings (SSSR count). The standard InChI is InChI=1S/C10H23NO3S/c1-10(2,9-11)5-4-7-15(12,13)8-6-14-3/h4-9,11H2,1-3H3. The molecule has 0 saturated carbocycles. The van der Waals surface area contributed by atoms with Crippen LogP contribution in [0.1, 0.15) is 26.7 Å². The molecule has 0 spiro atoms. The van der Waals surface area contributed by atoms with Gasteiger partial charge in [0.25, 0.3) is 0 Å². The van der Waals surface area contributed by atoms with E-state index >= 15 is 0 Å². The number of hydrogen-bond acceptors (Lipinski definition) is 4. The van der Waals surface area contributed by atoms with Gasteiger partial charge in [-0.3, -0.25) is 0 Å². The Balaban J connectivity index is 3.85. The Hall–Kier alpha value is -0.130. The van der Waals surface area contributed by atoms with E-state index in [2.05, 4.69) is 13.8 Å². The van der Waals surface area contributed by atoms with Gasteiger partial charge in [0.1, 0.15) is 0 Å². The van der Waals surface area contributed by atoms with Crippen LogP contribution in [0.25, 0.3) is 0 Å². The summed E-state index contributed by atoms with van der Waals surface area (Å²) in [5, 5.41) is 0. The van der Waals surface area contributed by atoms with Gasteiger partial charge in [0.2, 0.25) is 0 Å². The summed E-state index contributed by atoms with van der Waals surface area (Å²) in [5.74, 6) is 0.354. The van der Waals surface area contributed by atoms with Gasteiger partial charge in [0.05, 0.1) is 18.1 Å². The second-order valence-corrected chi connectivity index (χ2v) is 6.92. The van der Waals surface area contributed by atoms with Crippen LogP contribution in [0.4, 0.5) is 0 Å². The summed E-state index contributed by atoms with van der Waals surface area (Å²) in [5.41, 5.74) is 5.61. The van der Waals surface area contributed by atoms with Crippen molar-refractivity contribution in [3.05, 3.63) is 0 Å². The fourth-order valence-corrected chi connectivity index (χ4v) is 2.39. The van der Waals surface area contributed by atoms with E-state index in [4.69, 9.17) is 10.5 Å². The molecule has 0 aliphatic carbocycles. The van der Waals surface area contributed by atoms with Crippen LogP contribution in [-0.2, 0) is 14.6 Å². The lowest BCUT2D eigenvalue weighted by Gasteiger charge is -2.21. The topological polar surface area (TPSA) is 69.4 Å². The highest BCUT2D eigenvalue weighted by atomic mass is 32.2. The largest absolute Gasteiger partial charge is 0.384 e. The van der Waals surface area contributed by atoms with Gasteiger partial charge in [0, 0.05) is 7.11 Å². The summed E-state index contributed by atoms with van der Waals surface area (Å²) >= 11 is 0. The maximum Gasteiger partial charge on any atom is 0.152 e. The number of rotatable bonds is 8. The Morgan fingerprint density at radius 3 is 2.33 bits per heavy atom. The number of ether oxygens (including phenoxy) is 1. The maximum absolute atomic E-state index is 11.5. The van der Waals surface area contributed by atoms with Crippen molar-refractivity contribution >= 4 is 9.84 Å². The van der Waals surface area contributed by atoms with Crippen molar-refractivity contribution in [2.24, 2.45) is 11.1 Å². The Bertz CT molecular complexity index is 260. The van der Waals surface area contributed by atoms with E-state index in [1.165, 1.54) is 7.11 Å². The van der Waals surface area contributed by atoms with Crippen LogP contribution in [0.5, 0.6) is 0 Å². The molecule has 0 fully saturated rings. The molecule has 4 nitrogen and oxygen atoms in total. The average Bonchev–Trinajstić information content (AvgIpc) is 2.14. The van der Waals surface area contributed by atoms with Crippen LogP contribution in [0.3, 0.4) is 0 Å². The molecule has 0 bridgehead atoms. The third kappa shape index (κ3) is 7.76. The molecular weight excluding hydrogens is 214 g/mol. The molecule has 0 aromatic carbocycles. The van der Waals surface area contributed by atoms with E-state index in [0.29, 0.717) is 13.0 Å². The molecule has 0 aliphatic rings. The van der Waals surface area contributed by atoms with Gasteiger partial charge in [-0.05, 0) is 24.8 Å². The molecule has 0 radical (unpaired) electrons. The van der Waals surface area contributed by atoms with E-state index in [0.717, 1.165) is 6.42 Å². The Morgan fingerprint density at radius 1 is 1.27 bits per heavy atom. The van der Waals surface area contributed by atoms with E-state index in [9.17, 15) is 8.42 Å². The highest BCUT2D eigenvalue weighted by Gasteiger charge is 2.17. The number of sulfone groups is 1. The van der Waals surface area contributed by atoms with Gasteiger partial charge in [-0.2, -0.15) is 0 Å². The lowest BCUT2D eigenvalue weighted by atomic mass is 9.88. The van der Waals surface area contributed by atoms with Gasteiger partial charge < -0.3 is 10.5 Å². The SMILES string of the molecule is COCCS(=O)(=O)CCCC(C)(C)CN. The molecule has 0 unspecified atom stereocenters. The molecule has 2 N–H and O–H groups in total. The smallest absolute Gasteiger partial charge is 0.152 e. The lowest BCUT2D eigenvalue weighted by Crippen LogP contribution is -2.24. The highest BCUT2D eigenvalue weighted by Crippen LogP contribution is 2.20. The average molecular weight is 237 g/mol. The van der Waals surface area contributed by atoms with E-state index in [-0.39, 0.29) is 23.5 Å². The predicted octanol–water partition coefficient (Wildman–Crippen LogP) is 0.813. The van der Waals surface area contributed by atoms with E-state index < -0.39 is 9.84 Å². The number of nitrogens with two attached hydrogens (primary N) is 1. The molecule has 92 valence electrons. The first-order chi connectivity index (χ1) is 6.83. The van der Waals surface area contributed by atoms with Gasteiger partial charge in [-0.25, -0.2) is 8.42 Å². The Labute approximate surface area is 93.1 Å². The second kappa shape index (κ2) is 6.45. The quantitative estimate of drug-likeness (QED) is 0.678. The van der Waals surface area contributed by atoms with Crippen molar-refractivity contribution in [2.45, 2.75) is 26.7 Å². The summed E-state index contributed by atoms with van der Waals surface area (Å²) in [6, 6.07) is 0. The molecule has 0 saturated heterocycles. The first-order valence-electron chi connectivity index (χ1n) is 5.22. The van der Waals surface area contributed by atoms with E-state index in [1.54, 1.807) is 0 Å². The zero-order chi connectivity index (χ0) is 11.9. The van der Waals surface area contributed by atoms with Crippen LogP contribution >= 0.6 is 0 Å². The maximum atomic E-state index is 11.5. The molecule has 0 amide bonds. The summed E-state index contributed by atoms with van der Waals surface area (Å²) in [4.78, 5) is 0. The van der Waals surface area contributed by atoms with Gasteiger partial charge in [-0.15, -0.1) is 0 Å². The zero-order valence-corrected chi connectivity index (χ0v) is 10.8. The van der Waals surface area contributed by atoms with Crippen LogP contribution in [0.2, 0.25) is 0 Å². The van der Waals surface area contributed by atoms with Crippen LogP contribution in [0, 0.1) is 5.41 Å². The molecule has 15 heavy (non-hydrogen) atoms.